The number of nitrogens with one attached hydrogen (secondary N) is 1. The van der Waals surface area contributed by atoms with Crippen LogP contribution in [0.1, 0.15) is 12.5 Å². The zero-order valence-corrected chi connectivity index (χ0v) is 10.0. The number of hydrogen-bond acceptors (Lipinski definition) is 2. The molecule has 1 aromatic heterocycles. The molecular weight excluding hydrogens is 252 g/mol. The van der Waals surface area contributed by atoms with Gasteiger partial charge in [0.25, 0.3) is 0 Å². The molecule has 0 saturated carbocycles. The van der Waals surface area contributed by atoms with Gasteiger partial charge in [0.15, 0.2) is 0 Å². The number of benzene rings is 1. The Morgan fingerprint density at radius 2 is 2.27 bits per heavy atom. The zero-order chi connectivity index (χ0) is 10.4. The molecule has 2 aromatic rings. The Morgan fingerprint density at radius 1 is 1.40 bits per heavy atom. The second kappa shape index (κ2) is 3.20. The standard InChI is InChI=1S/C12H11BrN2/c1-7-4-9-5-8-2-3-10(13)6-11(8)15-12(9)14-7/h2-3,5-7H,4H2,1H3,(H,14,15)/t7-/m1/s1. The van der Waals surface area contributed by atoms with Gasteiger partial charge in [0.2, 0.25) is 0 Å². The van der Waals surface area contributed by atoms with E-state index in [-0.39, 0.29) is 0 Å². The number of nitrogens with zero attached hydrogens (tertiary/aromatic N) is 1. The first-order valence-corrected chi connectivity index (χ1v) is 5.87. The van der Waals surface area contributed by atoms with Crippen molar-refractivity contribution in [3.8, 4) is 0 Å². The number of rotatable bonds is 0. The van der Waals surface area contributed by atoms with Gasteiger partial charge < -0.3 is 5.32 Å². The van der Waals surface area contributed by atoms with E-state index < -0.39 is 0 Å². The van der Waals surface area contributed by atoms with Gasteiger partial charge in [-0.2, -0.15) is 0 Å². The van der Waals surface area contributed by atoms with Crippen LogP contribution in [0.3, 0.4) is 0 Å². The molecule has 0 bridgehead atoms. The predicted octanol–water partition coefficient (Wildman–Crippen LogP) is 3.35. The molecule has 1 aromatic carbocycles. The van der Waals surface area contributed by atoms with Crippen LogP contribution in [0.25, 0.3) is 10.9 Å². The summed E-state index contributed by atoms with van der Waals surface area (Å²) in [6.45, 7) is 2.18. The quantitative estimate of drug-likeness (QED) is 0.788. The van der Waals surface area contributed by atoms with E-state index in [1.54, 1.807) is 0 Å². The van der Waals surface area contributed by atoms with Gasteiger partial charge in [-0.1, -0.05) is 22.0 Å². The summed E-state index contributed by atoms with van der Waals surface area (Å²) in [4.78, 5) is 4.63. The molecule has 0 amide bonds. The van der Waals surface area contributed by atoms with E-state index in [0.717, 1.165) is 22.2 Å². The lowest BCUT2D eigenvalue weighted by Crippen LogP contribution is -2.08. The van der Waals surface area contributed by atoms with E-state index in [2.05, 4.69) is 57.4 Å². The summed E-state index contributed by atoms with van der Waals surface area (Å²) in [5.41, 5.74) is 2.38. The van der Waals surface area contributed by atoms with Crippen molar-refractivity contribution in [2.24, 2.45) is 0 Å². The van der Waals surface area contributed by atoms with Gasteiger partial charge in [-0.25, -0.2) is 4.98 Å². The molecular formula is C12H11BrN2. The molecule has 1 atom stereocenters. The zero-order valence-electron chi connectivity index (χ0n) is 8.42. The van der Waals surface area contributed by atoms with Crippen molar-refractivity contribution in [1.82, 2.24) is 4.98 Å². The Balaban J connectivity index is 2.25. The smallest absolute Gasteiger partial charge is 0.130 e. The first-order chi connectivity index (χ1) is 7.22. The topological polar surface area (TPSA) is 24.9 Å². The largest absolute Gasteiger partial charge is 0.367 e. The van der Waals surface area contributed by atoms with E-state index >= 15 is 0 Å². The van der Waals surface area contributed by atoms with E-state index in [1.165, 1.54) is 10.9 Å². The third-order valence-corrected chi connectivity index (χ3v) is 3.26. The summed E-state index contributed by atoms with van der Waals surface area (Å²) in [5.74, 6) is 1.05. The molecule has 0 radical (unpaired) electrons. The van der Waals surface area contributed by atoms with Gasteiger partial charge in [0.05, 0.1) is 5.52 Å². The highest BCUT2D eigenvalue weighted by atomic mass is 79.9. The van der Waals surface area contributed by atoms with Crippen molar-refractivity contribution in [2.45, 2.75) is 19.4 Å². The van der Waals surface area contributed by atoms with Crippen molar-refractivity contribution in [2.75, 3.05) is 5.32 Å². The Hall–Kier alpha value is -1.09. The fourth-order valence-corrected chi connectivity index (χ4v) is 2.43. The van der Waals surface area contributed by atoms with Gasteiger partial charge >= 0.3 is 0 Å². The molecule has 3 heteroatoms. The Kier molecular flexibility index (Phi) is 1.96. The highest BCUT2D eigenvalue weighted by Gasteiger charge is 2.18. The molecule has 2 nitrogen and oxygen atoms in total. The molecule has 2 heterocycles. The van der Waals surface area contributed by atoms with Gasteiger partial charge in [-0.3, -0.25) is 0 Å². The third-order valence-electron chi connectivity index (χ3n) is 2.77. The third kappa shape index (κ3) is 1.51. The summed E-state index contributed by atoms with van der Waals surface area (Å²) in [6.07, 6.45) is 1.08. The molecule has 3 rings (SSSR count). The first-order valence-electron chi connectivity index (χ1n) is 5.08. The van der Waals surface area contributed by atoms with Crippen molar-refractivity contribution in [1.29, 1.82) is 0 Å². The van der Waals surface area contributed by atoms with Gasteiger partial charge in [-0.15, -0.1) is 0 Å². The molecule has 0 unspecified atom stereocenters. The van der Waals surface area contributed by atoms with Crippen molar-refractivity contribution in [3.63, 3.8) is 0 Å². The minimum atomic E-state index is 0.507. The normalized spacial score (nSPS) is 18.9. The van der Waals surface area contributed by atoms with Gasteiger partial charge in [-0.05, 0) is 37.1 Å². The molecule has 0 spiro atoms. The summed E-state index contributed by atoms with van der Waals surface area (Å²) < 4.78 is 1.08. The van der Waals surface area contributed by atoms with Crippen LogP contribution in [0.2, 0.25) is 0 Å². The number of halogens is 1. The van der Waals surface area contributed by atoms with Crippen LogP contribution in [0.5, 0.6) is 0 Å². The Bertz CT molecular complexity index is 536. The van der Waals surface area contributed by atoms with Crippen molar-refractivity contribution >= 4 is 32.7 Å². The first kappa shape index (κ1) is 9.16. The summed E-state index contributed by atoms with van der Waals surface area (Å²) >= 11 is 3.46. The Morgan fingerprint density at radius 3 is 3.13 bits per heavy atom. The molecule has 1 aliphatic heterocycles. The predicted molar refractivity (Wildman–Crippen MR) is 66.2 cm³/mol. The van der Waals surface area contributed by atoms with Gasteiger partial charge in [0, 0.05) is 15.9 Å². The fraction of sp³-hybridized carbons (Fsp3) is 0.250. The molecule has 76 valence electrons. The monoisotopic (exact) mass is 262 g/mol. The summed E-state index contributed by atoms with van der Waals surface area (Å²) in [6, 6.07) is 8.96. The van der Waals surface area contributed by atoms with E-state index in [1.807, 2.05) is 0 Å². The summed E-state index contributed by atoms with van der Waals surface area (Å²) in [7, 11) is 0. The maximum Gasteiger partial charge on any atom is 0.130 e. The van der Waals surface area contributed by atoms with Crippen LogP contribution in [-0.4, -0.2) is 11.0 Å². The highest BCUT2D eigenvalue weighted by Crippen LogP contribution is 2.28. The Labute approximate surface area is 96.8 Å². The molecule has 0 saturated heterocycles. The van der Waals surface area contributed by atoms with E-state index in [4.69, 9.17) is 0 Å². The molecule has 15 heavy (non-hydrogen) atoms. The van der Waals surface area contributed by atoms with Crippen LogP contribution < -0.4 is 5.32 Å². The van der Waals surface area contributed by atoms with Crippen LogP contribution in [0, 0.1) is 0 Å². The summed E-state index contributed by atoms with van der Waals surface area (Å²) in [5, 5.41) is 4.60. The molecule has 1 N–H and O–H groups in total. The maximum atomic E-state index is 4.63. The lowest BCUT2D eigenvalue weighted by atomic mass is 10.1. The number of anilines is 1. The maximum absolute atomic E-state index is 4.63. The minimum absolute atomic E-state index is 0.507. The minimum Gasteiger partial charge on any atom is -0.367 e. The number of pyridine rings is 1. The molecule has 0 fully saturated rings. The van der Waals surface area contributed by atoms with Crippen LogP contribution in [0.4, 0.5) is 5.82 Å². The lowest BCUT2D eigenvalue weighted by molar-refractivity contribution is 0.839. The van der Waals surface area contributed by atoms with Gasteiger partial charge in [0.1, 0.15) is 5.82 Å². The average Bonchev–Trinajstić information content (AvgIpc) is 2.53. The second-order valence-corrected chi connectivity index (χ2v) is 5.00. The highest BCUT2D eigenvalue weighted by molar-refractivity contribution is 9.10. The lowest BCUT2D eigenvalue weighted by Gasteiger charge is -2.03. The molecule has 0 aliphatic carbocycles. The fourth-order valence-electron chi connectivity index (χ4n) is 2.08. The second-order valence-electron chi connectivity index (χ2n) is 4.08. The van der Waals surface area contributed by atoms with Crippen molar-refractivity contribution in [3.05, 3.63) is 34.3 Å². The van der Waals surface area contributed by atoms with Crippen molar-refractivity contribution < 1.29 is 0 Å². The van der Waals surface area contributed by atoms with Crippen LogP contribution in [-0.2, 0) is 6.42 Å². The number of aromatic nitrogens is 1. The molecule has 1 aliphatic rings. The van der Waals surface area contributed by atoms with E-state index in [9.17, 15) is 0 Å². The number of hydrogen-bond donors (Lipinski definition) is 1. The van der Waals surface area contributed by atoms with E-state index in [0.29, 0.717) is 6.04 Å². The number of fused-ring (bicyclic) bond motifs is 2. The average molecular weight is 263 g/mol. The van der Waals surface area contributed by atoms with Crippen LogP contribution >= 0.6 is 15.9 Å². The van der Waals surface area contributed by atoms with Crippen LogP contribution in [0.15, 0.2) is 28.7 Å². The SMILES string of the molecule is C[C@@H]1Cc2cc3ccc(Br)cc3nc2N1.